The number of benzene rings is 1. The van der Waals surface area contributed by atoms with Crippen LogP contribution in [0.3, 0.4) is 0 Å². The molecule has 0 saturated heterocycles. The molecular weight excluding hydrogens is 174 g/mol. The standard InChI is InChI=1S/C12H17NO/c1-13-12(9-14,11-7-8-11)10-5-3-2-4-6-10/h2-6,11,13-14H,7-9H2,1H3. The SMILES string of the molecule is CNC(CO)(c1ccccc1)C1CC1. The molecule has 14 heavy (non-hydrogen) atoms. The van der Waals surface area contributed by atoms with E-state index >= 15 is 0 Å². The lowest BCUT2D eigenvalue weighted by Crippen LogP contribution is -2.45. The van der Waals surface area contributed by atoms with Crippen molar-refractivity contribution in [2.75, 3.05) is 13.7 Å². The summed E-state index contributed by atoms with van der Waals surface area (Å²) < 4.78 is 0. The summed E-state index contributed by atoms with van der Waals surface area (Å²) >= 11 is 0. The molecular formula is C12H17NO. The molecule has 76 valence electrons. The molecule has 0 heterocycles. The molecule has 2 rings (SSSR count). The number of hydrogen-bond acceptors (Lipinski definition) is 2. The van der Waals surface area contributed by atoms with Crippen LogP contribution in [-0.2, 0) is 5.54 Å². The van der Waals surface area contributed by atoms with Crippen molar-refractivity contribution in [3.8, 4) is 0 Å². The Balaban J connectivity index is 2.34. The monoisotopic (exact) mass is 191 g/mol. The van der Waals surface area contributed by atoms with Gasteiger partial charge in [0.1, 0.15) is 0 Å². The van der Waals surface area contributed by atoms with Crippen LogP contribution in [0.4, 0.5) is 0 Å². The van der Waals surface area contributed by atoms with E-state index in [0.29, 0.717) is 5.92 Å². The van der Waals surface area contributed by atoms with Gasteiger partial charge in [-0.05, 0) is 31.4 Å². The molecule has 1 atom stereocenters. The summed E-state index contributed by atoms with van der Waals surface area (Å²) in [7, 11) is 1.93. The molecule has 0 bridgehead atoms. The van der Waals surface area contributed by atoms with Crippen LogP contribution in [0.25, 0.3) is 0 Å². The Morgan fingerprint density at radius 1 is 1.36 bits per heavy atom. The third-order valence-electron chi connectivity index (χ3n) is 3.26. The second-order valence-corrected chi connectivity index (χ2v) is 4.02. The van der Waals surface area contributed by atoms with Crippen molar-refractivity contribution in [2.24, 2.45) is 5.92 Å². The quantitative estimate of drug-likeness (QED) is 0.756. The molecule has 1 unspecified atom stereocenters. The van der Waals surface area contributed by atoms with Crippen LogP contribution in [0, 0.1) is 5.92 Å². The second kappa shape index (κ2) is 3.71. The lowest BCUT2D eigenvalue weighted by molar-refractivity contribution is 0.148. The smallest absolute Gasteiger partial charge is 0.0695 e. The van der Waals surface area contributed by atoms with E-state index in [9.17, 15) is 5.11 Å². The summed E-state index contributed by atoms with van der Waals surface area (Å²) in [5.41, 5.74) is 0.994. The van der Waals surface area contributed by atoms with Crippen molar-refractivity contribution in [3.05, 3.63) is 35.9 Å². The Labute approximate surface area is 85.0 Å². The zero-order valence-corrected chi connectivity index (χ0v) is 8.53. The number of likely N-dealkylation sites (N-methyl/N-ethyl adjacent to an activating group) is 1. The van der Waals surface area contributed by atoms with E-state index < -0.39 is 0 Å². The first-order chi connectivity index (χ1) is 6.83. The van der Waals surface area contributed by atoms with Gasteiger partial charge in [0.15, 0.2) is 0 Å². The van der Waals surface area contributed by atoms with Gasteiger partial charge in [-0.2, -0.15) is 0 Å². The fourth-order valence-corrected chi connectivity index (χ4v) is 2.20. The summed E-state index contributed by atoms with van der Waals surface area (Å²) in [6.45, 7) is 0.179. The largest absolute Gasteiger partial charge is 0.394 e. The summed E-state index contributed by atoms with van der Waals surface area (Å²) in [6, 6.07) is 10.2. The van der Waals surface area contributed by atoms with E-state index in [0.717, 1.165) is 0 Å². The summed E-state index contributed by atoms with van der Waals surface area (Å²) in [5, 5.41) is 12.9. The maximum Gasteiger partial charge on any atom is 0.0695 e. The minimum atomic E-state index is -0.207. The van der Waals surface area contributed by atoms with Crippen LogP contribution in [0.1, 0.15) is 18.4 Å². The second-order valence-electron chi connectivity index (χ2n) is 4.02. The van der Waals surface area contributed by atoms with Crippen LogP contribution in [0.5, 0.6) is 0 Å². The van der Waals surface area contributed by atoms with Crippen LogP contribution < -0.4 is 5.32 Å². The van der Waals surface area contributed by atoms with Gasteiger partial charge in [-0.3, -0.25) is 0 Å². The van der Waals surface area contributed by atoms with E-state index in [1.807, 2.05) is 25.2 Å². The molecule has 1 aromatic rings. The van der Waals surface area contributed by atoms with Gasteiger partial charge in [-0.25, -0.2) is 0 Å². The van der Waals surface area contributed by atoms with Crippen LogP contribution in [-0.4, -0.2) is 18.8 Å². The van der Waals surface area contributed by atoms with Gasteiger partial charge in [0, 0.05) is 0 Å². The number of nitrogens with one attached hydrogen (secondary N) is 1. The minimum absolute atomic E-state index is 0.179. The number of hydrogen-bond donors (Lipinski definition) is 2. The van der Waals surface area contributed by atoms with E-state index in [-0.39, 0.29) is 12.1 Å². The van der Waals surface area contributed by atoms with Gasteiger partial charge in [-0.1, -0.05) is 30.3 Å². The lowest BCUT2D eigenvalue weighted by Gasteiger charge is -2.32. The molecule has 0 amide bonds. The van der Waals surface area contributed by atoms with Gasteiger partial charge in [0.25, 0.3) is 0 Å². The molecule has 2 N–H and O–H groups in total. The van der Waals surface area contributed by atoms with E-state index in [1.165, 1.54) is 18.4 Å². The van der Waals surface area contributed by atoms with E-state index in [1.54, 1.807) is 0 Å². The molecule has 0 radical (unpaired) electrons. The Morgan fingerprint density at radius 2 is 2.00 bits per heavy atom. The summed E-state index contributed by atoms with van der Waals surface area (Å²) in [4.78, 5) is 0. The van der Waals surface area contributed by atoms with Crippen molar-refractivity contribution in [2.45, 2.75) is 18.4 Å². The van der Waals surface area contributed by atoms with Crippen molar-refractivity contribution in [1.82, 2.24) is 5.32 Å². The highest BCUT2D eigenvalue weighted by atomic mass is 16.3. The molecule has 1 aromatic carbocycles. The van der Waals surface area contributed by atoms with Crippen molar-refractivity contribution >= 4 is 0 Å². The maximum atomic E-state index is 9.58. The average Bonchev–Trinajstić information content (AvgIpc) is 3.07. The first-order valence-electron chi connectivity index (χ1n) is 5.19. The average molecular weight is 191 g/mol. The summed E-state index contributed by atoms with van der Waals surface area (Å²) in [6.07, 6.45) is 2.44. The number of aliphatic hydroxyl groups is 1. The van der Waals surface area contributed by atoms with Crippen molar-refractivity contribution < 1.29 is 5.11 Å². The first kappa shape index (κ1) is 9.69. The van der Waals surface area contributed by atoms with Crippen LogP contribution >= 0.6 is 0 Å². The third kappa shape index (κ3) is 1.45. The molecule has 1 saturated carbocycles. The topological polar surface area (TPSA) is 32.3 Å². The number of rotatable bonds is 4. The molecule has 1 aliphatic rings. The van der Waals surface area contributed by atoms with Gasteiger partial charge in [0.05, 0.1) is 12.1 Å². The highest BCUT2D eigenvalue weighted by molar-refractivity contribution is 5.27. The van der Waals surface area contributed by atoms with Gasteiger partial charge >= 0.3 is 0 Å². The lowest BCUT2D eigenvalue weighted by atomic mass is 9.86. The predicted octanol–water partition coefficient (Wildman–Crippen LogP) is 1.50. The molecule has 2 heteroatoms. The first-order valence-corrected chi connectivity index (χ1v) is 5.19. The predicted molar refractivity (Wildman–Crippen MR) is 57.0 cm³/mol. The van der Waals surface area contributed by atoms with Crippen molar-refractivity contribution in [3.63, 3.8) is 0 Å². The van der Waals surface area contributed by atoms with E-state index in [2.05, 4.69) is 17.4 Å². The minimum Gasteiger partial charge on any atom is -0.394 e. The normalized spacial score (nSPS) is 20.4. The molecule has 2 nitrogen and oxygen atoms in total. The van der Waals surface area contributed by atoms with Gasteiger partial charge in [0.2, 0.25) is 0 Å². The zero-order valence-electron chi connectivity index (χ0n) is 8.53. The van der Waals surface area contributed by atoms with Crippen LogP contribution in [0.2, 0.25) is 0 Å². The Morgan fingerprint density at radius 3 is 2.43 bits per heavy atom. The summed E-state index contributed by atoms with van der Waals surface area (Å²) in [5.74, 6) is 0.597. The fraction of sp³-hybridized carbons (Fsp3) is 0.500. The molecule has 0 spiro atoms. The zero-order chi connectivity index (χ0) is 10.0. The van der Waals surface area contributed by atoms with Crippen molar-refractivity contribution in [1.29, 1.82) is 0 Å². The fourth-order valence-electron chi connectivity index (χ4n) is 2.20. The van der Waals surface area contributed by atoms with Crippen LogP contribution in [0.15, 0.2) is 30.3 Å². The Kier molecular flexibility index (Phi) is 2.57. The molecule has 1 fully saturated rings. The van der Waals surface area contributed by atoms with E-state index in [4.69, 9.17) is 0 Å². The van der Waals surface area contributed by atoms with Gasteiger partial charge in [-0.15, -0.1) is 0 Å². The third-order valence-corrected chi connectivity index (χ3v) is 3.26. The molecule has 0 aliphatic heterocycles. The number of aliphatic hydroxyl groups excluding tert-OH is 1. The highest BCUT2D eigenvalue weighted by Gasteiger charge is 2.44. The highest BCUT2D eigenvalue weighted by Crippen LogP contribution is 2.45. The molecule has 1 aliphatic carbocycles. The van der Waals surface area contributed by atoms with Gasteiger partial charge < -0.3 is 10.4 Å². The Hall–Kier alpha value is -0.860. The maximum absolute atomic E-state index is 9.58. The Bertz CT molecular complexity index is 288. The molecule has 0 aromatic heterocycles.